The topological polar surface area (TPSA) is 78.0 Å². The average Bonchev–Trinajstić information content (AvgIpc) is 3.35. The summed E-state index contributed by atoms with van der Waals surface area (Å²) >= 11 is 0. The van der Waals surface area contributed by atoms with Gasteiger partial charge in [-0.15, -0.1) is 0 Å². The molecule has 1 fully saturated rings. The third-order valence-corrected chi connectivity index (χ3v) is 8.51. The van der Waals surface area contributed by atoms with Crippen LogP contribution in [0.2, 0.25) is 0 Å². The van der Waals surface area contributed by atoms with Crippen molar-refractivity contribution in [3.63, 3.8) is 0 Å². The van der Waals surface area contributed by atoms with Gasteiger partial charge in [-0.05, 0) is 97.1 Å². The fourth-order valence-electron chi connectivity index (χ4n) is 5.89. The molecule has 1 saturated heterocycles. The number of aryl methyl sites for hydroxylation is 1. The second-order valence-corrected chi connectivity index (χ2v) is 11.9. The molecule has 50 heavy (non-hydrogen) atoms. The Morgan fingerprint density at radius 2 is 1.54 bits per heavy atom. The Hall–Kier alpha value is -5.33. The van der Waals surface area contributed by atoms with Crippen LogP contribution in [-0.2, 0) is 28.4 Å². The lowest BCUT2D eigenvalue weighted by Gasteiger charge is -2.24. The van der Waals surface area contributed by atoms with Gasteiger partial charge in [0.05, 0.1) is 54.9 Å². The van der Waals surface area contributed by atoms with E-state index >= 15 is 0 Å². The van der Waals surface area contributed by atoms with Crippen LogP contribution >= 0.6 is 0 Å². The number of pyridine rings is 1. The SMILES string of the molecule is C=C(C)c1ccc(-c2cc(-c3ccc(C(=O)OC)cc3C)ccc2OC)c(CN2C(=O)O[C@H](c3cc(C(F)(F)F)cc(C(F)(F)F)c3)[C@@H]2C)n1. The third-order valence-electron chi connectivity index (χ3n) is 8.51. The minimum absolute atomic E-state index is 0.0263. The fourth-order valence-corrected chi connectivity index (χ4v) is 5.89. The van der Waals surface area contributed by atoms with Crippen molar-refractivity contribution in [1.82, 2.24) is 9.88 Å². The van der Waals surface area contributed by atoms with Crippen LogP contribution < -0.4 is 4.74 Å². The van der Waals surface area contributed by atoms with Crippen molar-refractivity contribution in [2.45, 2.75) is 51.8 Å². The van der Waals surface area contributed by atoms with Crippen molar-refractivity contribution >= 4 is 17.6 Å². The van der Waals surface area contributed by atoms with Gasteiger partial charge in [0.2, 0.25) is 0 Å². The molecule has 7 nitrogen and oxygen atoms in total. The number of halogens is 6. The van der Waals surface area contributed by atoms with Crippen LogP contribution in [0.3, 0.4) is 0 Å². The molecular formula is C37H32F6N2O5. The maximum atomic E-state index is 13.6. The zero-order valence-electron chi connectivity index (χ0n) is 27.6. The van der Waals surface area contributed by atoms with Gasteiger partial charge < -0.3 is 14.2 Å². The number of ether oxygens (including phenoxy) is 3. The van der Waals surface area contributed by atoms with Crippen molar-refractivity contribution in [3.05, 3.63) is 113 Å². The Bertz CT molecular complexity index is 1960. The van der Waals surface area contributed by atoms with Crippen LogP contribution in [0.1, 0.15) is 64.0 Å². The smallest absolute Gasteiger partial charge is 0.416 e. The number of hydrogen-bond acceptors (Lipinski definition) is 6. The quantitative estimate of drug-likeness (QED) is 0.135. The monoisotopic (exact) mass is 698 g/mol. The predicted octanol–water partition coefficient (Wildman–Crippen LogP) is 9.67. The number of cyclic esters (lactones) is 1. The van der Waals surface area contributed by atoms with E-state index in [0.717, 1.165) is 16.7 Å². The van der Waals surface area contributed by atoms with Crippen LogP contribution in [0.25, 0.3) is 27.8 Å². The van der Waals surface area contributed by atoms with Gasteiger partial charge in [-0.1, -0.05) is 24.8 Å². The molecule has 0 saturated carbocycles. The van der Waals surface area contributed by atoms with Gasteiger partial charge in [-0.25, -0.2) is 9.59 Å². The summed E-state index contributed by atoms with van der Waals surface area (Å²) in [5.74, 6) is -0.0172. The van der Waals surface area contributed by atoms with E-state index in [9.17, 15) is 35.9 Å². The molecule has 13 heteroatoms. The third kappa shape index (κ3) is 7.17. The predicted molar refractivity (Wildman–Crippen MR) is 173 cm³/mol. The summed E-state index contributed by atoms with van der Waals surface area (Å²) in [5, 5.41) is 0. The van der Waals surface area contributed by atoms with Gasteiger partial charge in [-0.3, -0.25) is 9.88 Å². The summed E-state index contributed by atoms with van der Waals surface area (Å²) in [5.41, 5.74) is 1.88. The highest BCUT2D eigenvalue weighted by Crippen LogP contribution is 2.42. The van der Waals surface area contributed by atoms with Crippen LogP contribution in [0, 0.1) is 6.92 Å². The van der Waals surface area contributed by atoms with Crippen LogP contribution in [0.5, 0.6) is 5.75 Å². The highest BCUT2D eigenvalue weighted by atomic mass is 19.4. The first kappa shape index (κ1) is 36.0. The zero-order chi connectivity index (χ0) is 36.7. The molecule has 0 N–H and O–H groups in total. The second kappa shape index (κ2) is 13.5. The normalized spacial score (nSPS) is 16.3. The summed E-state index contributed by atoms with van der Waals surface area (Å²) in [6, 6.07) is 14.3. The number of rotatable bonds is 8. The molecule has 1 amide bonds. The van der Waals surface area contributed by atoms with E-state index in [1.165, 1.54) is 26.0 Å². The molecule has 1 aromatic heterocycles. The van der Waals surface area contributed by atoms with Crippen LogP contribution in [-0.4, -0.2) is 42.2 Å². The molecule has 0 aliphatic carbocycles. The molecule has 0 unspecified atom stereocenters. The van der Waals surface area contributed by atoms with E-state index in [2.05, 4.69) is 6.58 Å². The fraction of sp³-hybridized carbons (Fsp3) is 0.270. The molecular weight excluding hydrogens is 666 g/mol. The lowest BCUT2D eigenvalue weighted by molar-refractivity contribution is -0.143. The largest absolute Gasteiger partial charge is 0.496 e. The van der Waals surface area contributed by atoms with Gasteiger partial charge in [0.15, 0.2) is 0 Å². The van der Waals surface area contributed by atoms with Crippen molar-refractivity contribution in [1.29, 1.82) is 0 Å². The number of allylic oxidation sites excluding steroid dienone is 1. The average molecular weight is 699 g/mol. The maximum Gasteiger partial charge on any atom is 0.416 e. The van der Waals surface area contributed by atoms with Crippen LogP contribution in [0.15, 0.2) is 73.3 Å². The van der Waals surface area contributed by atoms with E-state index in [0.29, 0.717) is 51.5 Å². The molecule has 3 aromatic carbocycles. The van der Waals surface area contributed by atoms with E-state index < -0.39 is 53.3 Å². The first-order valence-electron chi connectivity index (χ1n) is 15.2. The molecule has 1 aliphatic heterocycles. The molecule has 1 aliphatic rings. The number of carbonyl (C=O) groups excluding carboxylic acids is 2. The molecule has 0 bridgehead atoms. The number of hydrogen-bond donors (Lipinski definition) is 0. The number of methoxy groups -OCH3 is 2. The molecule has 5 rings (SSSR count). The summed E-state index contributed by atoms with van der Waals surface area (Å²) < 4.78 is 97.7. The number of alkyl halides is 6. The van der Waals surface area contributed by atoms with Crippen molar-refractivity contribution in [3.8, 4) is 28.0 Å². The Balaban J connectivity index is 1.57. The second-order valence-electron chi connectivity index (χ2n) is 11.9. The van der Waals surface area contributed by atoms with Gasteiger partial charge in [0.1, 0.15) is 11.9 Å². The lowest BCUT2D eigenvalue weighted by atomic mass is 9.93. The summed E-state index contributed by atoms with van der Waals surface area (Å²) in [7, 11) is 2.78. The van der Waals surface area contributed by atoms with Gasteiger partial charge >= 0.3 is 24.4 Å². The minimum Gasteiger partial charge on any atom is -0.496 e. The Labute approximate surface area is 284 Å². The maximum absolute atomic E-state index is 13.6. The molecule has 4 aromatic rings. The highest BCUT2D eigenvalue weighted by molar-refractivity contribution is 5.91. The minimum atomic E-state index is -5.07. The van der Waals surface area contributed by atoms with E-state index in [4.69, 9.17) is 19.2 Å². The Morgan fingerprint density at radius 1 is 0.900 bits per heavy atom. The van der Waals surface area contributed by atoms with Crippen LogP contribution in [0.4, 0.5) is 31.1 Å². The van der Waals surface area contributed by atoms with Gasteiger partial charge in [0, 0.05) is 11.1 Å². The summed E-state index contributed by atoms with van der Waals surface area (Å²) in [6.45, 7) is 8.81. The number of esters is 1. The summed E-state index contributed by atoms with van der Waals surface area (Å²) in [6.07, 6.45) is -12.5. The first-order chi connectivity index (χ1) is 23.4. The number of aromatic nitrogens is 1. The van der Waals surface area contributed by atoms with Gasteiger partial charge in [0.25, 0.3) is 0 Å². The molecule has 0 spiro atoms. The number of carbonyl (C=O) groups is 2. The highest BCUT2D eigenvalue weighted by Gasteiger charge is 2.43. The first-order valence-corrected chi connectivity index (χ1v) is 15.2. The van der Waals surface area contributed by atoms with E-state index in [-0.39, 0.29) is 12.6 Å². The molecule has 0 radical (unpaired) electrons. The molecule has 2 atom stereocenters. The van der Waals surface area contributed by atoms with E-state index in [1.807, 2.05) is 19.1 Å². The van der Waals surface area contributed by atoms with E-state index in [1.54, 1.807) is 43.3 Å². The number of nitrogens with zero attached hydrogens (tertiary/aromatic N) is 2. The van der Waals surface area contributed by atoms with Gasteiger partial charge in [-0.2, -0.15) is 26.3 Å². The standard InChI is InChI=1S/C37H32F6N2O5/c1-19(2)30-11-10-28(29-16-22(8-12-32(29)48-5)27-9-7-23(13-20(27)3)34(46)49-6)31(44-30)18-45-21(4)33(50-35(45)47)24-14-25(36(38,39)40)17-26(15-24)37(41,42)43/h7-17,21,33H,1,18H2,2-6H3/t21-,33-/m0/s1. The Kier molecular flexibility index (Phi) is 9.73. The number of amides is 1. The molecule has 2 heterocycles. The Morgan fingerprint density at radius 3 is 2.10 bits per heavy atom. The van der Waals surface area contributed by atoms with Crippen molar-refractivity contribution in [2.75, 3.05) is 14.2 Å². The number of benzene rings is 3. The molecule has 262 valence electrons. The zero-order valence-corrected chi connectivity index (χ0v) is 27.6. The lowest BCUT2D eigenvalue weighted by Crippen LogP contribution is -2.32. The van der Waals surface area contributed by atoms with Crippen molar-refractivity contribution in [2.24, 2.45) is 0 Å². The van der Waals surface area contributed by atoms with Crippen molar-refractivity contribution < 1.29 is 50.1 Å². The summed E-state index contributed by atoms with van der Waals surface area (Å²) in [4.78, 5) is 31.3.